The molecule has 1 heterocycles. The zero-order valence-electron chi connectivity index (χ0n) is 6.71. The lowest BCUT2D eigenvalue weighted by Gasteiger charge is -1.95. The van der Waals surface area contributed by atoms with E-state index in [0.29, 0.717) is 5.57 Å². The zero-order valence-corrected chi connectivity index (χ0v) is 6.71. The summed E-state index contributed by atoms with van der Waals surface area (Å²) in [6.07, 6.45) is 2.64. The van der Waals surface area contributed by atoms with Gasteiger partial charge in [0.1, 0.15) is 0 Å². The van der Waals surface area contributed by atoms with Crippen LogP contribution in [-0.4, -0.2) is 35.6 Å². The Morgan fingerprint density at radius 2 is 2.27 bits per heavy atom. The Kier molecular flexibility index (Phi) is 2.65. The van der Waals surface area contributed by atoms with Crippen LogP contribution in [0.15, 0.2) is 11.6 Å². The van der Waals surface area contributed by atoms with Gasteiger partial charge in [-0.05, 0) is 13.3 Å². The van der Waals surface area contributed by atoms with E-state index >= 15 is 0 Å². The highest BCUT2D eigenvalue weighted by atomic mass is 16.4. The van der Waals surface area contributed by atoms with E-state index in [4.69, 9.17) is 5.11 Å². The minimum Gasteiger partial charge on any atom is -0.478 e. The number of carboxylic acids is 1. The quantitative estimate of drug-likeness (QED) is 0.480. The molecule has 0 aromatic heterocycles. The summed E-state index contributed by atoms with van der Waals surface area (Å²) in [7, 11) is 0. The first-order valence-corrected chi connectivity index (χ1v) is 3.82. The fourth-order valence-electron chi connectivity index (χ4n) is 0.845. The van der Waals surface area contributed by atoms with Crippen molar-refractivity contribution in [2.45, 2.75) is 13.3 Å². The molecule has 3 heteroatoms. The first-order valence-electron chi connectivity index (χ1n) is 3.82. The van der Waals surface area contributed by atoms with Crippen LogP contribution in [0.3, 0.4) is 0 Å². The van der Waals surface area contributed by atoms with E-state index in [-0.39, 0.29) is 0 Å². The van der Waals surface area contributed by atoms with E-state index in [0.717, 1.165) is 13.0 Å². The number of hydrogen-bond donors (Lipinski definition) is 1. The Morgan fingerprint density at radius 1 is 1.64 bits per heavy atom. The maximum atomic E-state index is 10.3. The highest BCUT2D eigenvalue weighted by Crippen LogP contribution is 2.05. The second-order valence-corrected chi connectivity index (χ2v) is 2.82. The van der Waals surface area contributed by atoms with Gasteiger partial charge in [0.15, 0.2) is 0 Å². The van der Waals surface area contributed by atoms with Crippen LogP contribution in [-0.2, 0) is 4.79 Å². The van der Waals surface area contributed by atoms with Crippen molar-refractivity contribution in [3.05, 3.63) is 11.6 Å². The monoisotopic (exact) mass is 155 g/mol. The van der Waals surface area contributed by atoms with Gasteiger partial charge in [-0.15, -0.1) is 0 Å². The molecule has 0 radical (unpaired) electrons. The fourth-order valence-corrected chi connectivity index (χ4v) is 0.845. The Morgan fingerprint density at radius 3 is 2.73 bits per heavy atom. The van der Waals surface area contributed by atoms with E-state index in [2.05, 4.69) is 4.90 Å². The van der Waals surface area contributed by atoms with Gasteiger partial charge in [-0.3, -0.25) is 0 Å². The largest absolute Gasteiger partial charge is 0.478 e. The first-order chi connectivity index (χ1) is 5.20. The standard InChI is InChI=1S/C8H13NO2/c1-7(8(10)11)3-2-4-9-5-6-9/h3H,2,4-6H2,1H3,(H,10,11)/b7-3+. The molecular weight excluding hydrogens is 142 g/mol. The van der Waals surface area contributed by atoms with Gasteiger partial charge in [0.2, 0.25) is 0 Å². The molecule has 0 amide bonds. The van der Waals surface area contributed by atoms with Crippen molar-refractivity contribution in [2.24, 2.45) is 0 Å². The molecule has 0 aliphatic carbocycles. The molecule has 0 saturated carbocycles. The van der Waals surface area contributed by atoms with Gasteiger partial charge in [-0.25, -0.2) is 4.79 Å². The Bertz CT molecular complexity index is 183. The number of nitrogens with zero attached hydrogens (tertiary/aromatic N) is 1. The molecule has 1 N–H and O–H groups in total. The third-order valence-electron chi connectivity index (χ3n) is 1.77. The van der Waals surface area contributed by atoms with Gasteiger partial charge < -0.3 is 10.0 Å². The molecule has 1 aliphatic rings. The summed E-state index contributed by atoms with van der Waals surface area (Å²) in [4.78, 5) is 12.6. The van der Waals surface area contributed by atoms with E-state index in [1.54, 1.807) is 13.0 Å². The van der Waals surface area contributed by atoms with Crippen molar-refractivity contribution in [3.63, 3.8) is 0 Å². The summed E-state index contributed by atoms with van der Waals surface area (Å²) in [5.74, 6) is -0.809. The summed E-state index contributed by atoms with van der Waals surface area (Å²) in [5.41, 5.74) is 0.451. The summed E-state index contributed by atoms with van der Waals surface area (Å²) in [6, 6.07) is 0. The summed E-state index contributed by atoms with van der Waals surface area (Å²) < 4.78 is 0. The minimum absolute atomic E-state index is 0.451. The second-order valence-electron chi connectivity index (χ2n) is 2.82. The molecule has 0 unspecified atom stereocenters. The Hall–Kier alpha value is -0.830. The van der Waals surface area contributed by atoms with Crippen LogP contribution < -0.4 is 0 Å². The second kappa shape index (κ2) is 3.53. The van der Waals surface area contributed by atoms with Crippen molar-refractivity contribution in [1.29, 1.82) is 0 Å². The Labute approximate surface area is 66.3 Å². The third-order valence-corrected chi connectivity index (χ3v) is 1.77. The Balaban J connectivity index is 2.15. The van der Waals surface area contributed by atoms with Crippen LogP contribution in [0.2, 0.25) is 0 Å². The van der Waals surface area contributed by atoms with E-state index in [1.165, 1.54) is 13.1 Å². The number of carboxylic acid groups (broad SMARTS) is 1. The molecule has 62 valence electrons. The topological polar surface area (TPSA) is 40.3 Å². The molecule has 3 nitrogen and oxygen atoms in total. The van der Waals surface area contributed by atoms with Crippen LogP contribution in [0, 0.1) is 0 Å². The zero-order chi connectivity index (χ0) is 8.27. The molecule has 1 fully saturated rings. The lowest BCUT2D eigenvalue weighted by molar-refractivity contribution is -0.132. The fraction of sp³-hybridized carbons (Fsp3) is 0.625. The van der Waals surface area contributed by atoms with Gasteiger partial charge in [0.05, 0.1) is 0 Å². The molecule has 11 heavy (non-hydrogen) atoms. The summed E-state index contributed by atoms with van der Waals surface area (Å²) in [6.45, 7) is 5.00. The van der Waals surface area contributed by atoms with Crippen molar-refractivity contribution in [1.82, 2.24) is 4.90 Å². The average Bonchev–Trinajstić information content (AvgIpc) is 2.71. The van der Waals surface area contributed by atoms with Gasteiger partial charge in [-0.2, -0.15) is 0 Å². The molecule has 0 spiro atoms. The van der Waals surface area contributed by atoms with Gasteiger partial charge in [0.25, 0.3) is 0 Å². The van der Waals surface area contributed by atoms with E-state index in [9.17, 15) is 4.79 Å². The van der Waals surface area contributed by atoms with Crippen LogP contribution >= 0.6 is 0 Å². The molecule has 1 aliphatic heterocycles. The third kappa shape index (κ3) is 3.18. The molecule has 1 rings (SSSR count). The molecular formula is C8H13NO2. The van der Waals surface area contributed by atoms with E-state index in [1.807, 2.05) is 0 Å². The highest BCUT2D eigenvalue weighted by Gasteiger charge is 2.14. The SMILES string of the molecule is C/C(=C\CCN1CC1)C(=O)O. The maximum absolute atomic E-state index is 10.3. The van der Waals surface area contributed by atoms with Crippen LogP contribution in [0.1, 0.15) is 13.3 Å². The number of rotatable bonds is 4. The number of carbonyl (C=O) groups is 1. The summed E-state index contributed by atoms with van der Waals surface area (Å²) >= 11 is 0. The number of hydrogen-bond acceptors (Lipinski definition) is 2. The smallest absolute Gasteiger partial charge is 0.330 e. The highest BCUT2D eigenvalue weighted by molar-refractivity contribution is 5.85. The van der Waals surface area contributed by atoms with Gasteiger partial charge >= 0.3 is 5.97 Å². The van der Waals surface area contributed by atoms with Crippen LogP contribution in [0.5, 0.6) is 0 Å². The first kappa shape index (κ1) is 8.27. The van der Waals surface area contributed by atoms with Crippen LogP contribution in [0.4, 0.5) is 0 Å². The average molecular weight is 155 g/mol. The molecule has 0 bridgehead atoms. The molecule has 0 atom stereocenters. The molecule has 1 saturated heterocycles. The number of aliphatic carboxylic acids is 1. The van der Waals surface area contributed by atoms with Crippen molar-refractivity contribution < 1.29 is 9.90 Å². The van der Waals surface area contributed by atoms with Crippen molar-refractivity contribution in [2.75, 3.05) is 19.6 Å². The maximum Gasteiger partial charge on any atom is 0.330 e. The van der Waals surface area contributed by atoms with Crippen molar-refractivity contribution in [3.8, 4) is 0 Å². The summed E-state index contributed by atoms with van der Waals surface area (Å²) in [5, 5.41) is 8.48. The predicted octanol–water partition coefficient (Wildman–Crippen LogP) is 0.723. The van der Waals surface area contributed by atoms with E-state index < -0.39 is 5.97 Å². The van der Waals surface area contributed by atoms with Gasteiger partial charge in [0, 0.05) is 25.2 Å². The molecule has 0 aromatic carbocycles. The van der Waals surface area contributed by atoms with Gasteiger partial charge in [-0.1, -0.05) is 6.08 Å². The predicted molar refractivity (Wildman–Crippen MR) is 42.4 cm³/mol. The normalized spacial score (nSPS) is 18.5. The lowest BCUT2D eigenvalue weighted by Crippen LogP contribution is -2.00. The van der Waals surface area contributed by atoms with Crippen LogP contribution in [0.25, 0.3) is 0 Å². The minimum atomic E-state index is -0.809. The lowest BCUT2D eigenvalue weighted by atomic mass is 10.2. The molecule has 0 aromatic rings. The van der Waals surface area contributed by atoms with Crippen molar-refractivity contribution >= 4 is 5.97 Å².